The maximum Gasteiger partial charge on any atom is 0.0173 e. The van der Waals surface area contributed by atoms with Gasteiger partial charge >= 0.3 is 0 Å². The number of fused-ring (bicyclic) bond motifs is 1. The van der Waals surface area contributed by atoms with Crippen LogP contribution in [-0.2, 0) is 0 Å². The molecule has 0 aromatic heterocycles. The molecule has 0 saturated heterocycles. The molecule has 1 nitrogen and oxygen atoms in total. The van der Waals surface area contributed by atoms with E-state index in [4.69, 9.17) is 0 Å². The lowest BCUT2D eigenvalue weighted by atomic mass is 9.70. The molecule has 2 heteroatoms. The molecular weight excluding hydrogens is 274 g/mol. The van der Waals surface area contributed by atoms with Gasteiger partial charge in [-0.05, 0) is 55.2 Å². The Labute approximate surface area is 134 Å². The van der Waals surface area contributed by atoms with Crippen LogP contribution in [0.4, 0.5) is 0 Å². The van der Waals surface area contributed by atoms with E-state index in [1.54, 1.807) is 5.56 Å². The van der Waals surface area contributed by atoms with Crippen molar-refractivity contribution in [3.63, 3.8) is 0 Å². The van der Waals surface area contributed by atoms with E-state index in [2.05, 4.69) is 62.1 Å². The van der Waals surface area contributed by atoms with Crippen LogP contribution < -0.4 is 5.32 Å². The molecule has 1 aromatic rings. The molecule has 0 radical (unpaired) electrons. The van der Waals surface area contributed by atoms with Gasteiger partial charge in [-0.1, -0.05) is 39.0 Å². The Balaban J connectivity index is 1.82. The summed E-state index contributed by atoms with van der Waals surface area (Å²) in [6.07, 6.45) is 4.24. The summed E-state index contributed by atoms with van der Waals surface area (Å²) in [4.78, 5) is 1.52. The summed E-state index contributed by atoms with van der Waals surface area (Å²) in [5.41, 5.74) is 1.60. The molecule has 21 heavy (non-hydrogen) atoms. The molecule has 1 aliphatic carbocycles. The minimum Gasteiger partial charge on any atom is -0.313 e. The van der Waals surface area contributed by atoms with Gasteiger partial charge in [-0.2, -0.15) is 0 Å². The van der Waals surface area contributed by atoms with Crippen molar-refractivity contribution in [3.8, 4) is 0 Å². The van der Waals surface area contributed by atoms with E-state index < -0.39 is 0 Å². The van der Waals surface area contributed by atoms with Crippen molar-refractivity contribution in [1.29, 1.82) is 0 Å². The molecule has 1 heterocycles. The molecule has 2 aliphatic rings. The Morgan fingerprint density at radius 2 is 1.86 bits per heavy atom. The molecule has 4 unspecified atom stereocenters. The summed E-state index contributed by atoms with van der Waals surface area (Å²) in [5, 5.41) is 3.86. The second-order valence-electron chi connectivity index (χ2n) is 7.22. The standard InChI is InChI=1S/C19H29NS/c1-4-20-19(15-10-13(2)9-14(3)11-15)17-12-21-18-8-6-5-7-16(17)18/h5-8,13-15,17,19-20H,4,9-12H2,1-3H3. The van der Waals surface area contributed by atoms with Gasteiger partial charge in [-0.25, -0.2) is 0 Å². The molecule has 3 rings (SSSR count). The number of nitrogens with one attached hydrogen (secondary N) is 1. The Hall–Kier alpha value is -0.470. The minimum absolute atomic E-state index is 0.663. The van der Waals surface area contributed by atoms with E-state index >= 15 is 0 Å². The van der Waals surface area contributed by atoms with Gasteiger partial charge in [0.05, 0.1) is 0 Å². The smallest absolute Gasteiger partial charge is 0.0173 e. The average molecular weight is 304 g/mol. The van der Waals surface area contributed by atoms with Crippen LogP contribution in [-0.4, -0.2) is 18.3 Å². The summed E-state index contributed by atoms with van der Waals surface area (Å²) in [5.74, 6) is 4.60. The van der Waals surface area contributed by atoms with Crippen LogP contribution in [0.2, 0.25) is 0 Å². The van der Waals surface area contributed by atoms with Gasteiger partial charge in [0.2, 0.25) is 0 Å². The third-order valence-corrected chi connectivity index (χ3v) is 6.54. The van der Waals surface area contributed by atoms with Gasteiger partial charge in [0.15, 0.2) is 0 Å². The van der Waals surface area contributed by atoms with Crippen LogP contribution in [0, 0.1) is 17.8 Å². The number of benzene rings is 1. The summed E-state index contributed by atoms with van der Waals surface area (Å²) in [6.45, 7) is 8.25. The first kappa shape index (κ1) is 15.4. The third kappa shape index (κ3) is 3.32. The quantitative estimate of drug-likeness (QED) is 0.846. The summed E-state index contributed by atoms with van der Waals surface area (Å²) in [6, 6.07) is 9.72. The van der Waals surface area contributed by atoms with Crippen LogP contribution in [0.25, 0.3) is 0 Å². The number of hydrogen-bond acceptors (Lipinski definition) is 2. The van der Waals surface area contributed by atoms with Crippen LogP contribution in [0.3, 0.4) is 0 Å². The normalized spacial score (nSPS) is 33.7. The van der Waals surface area contributed by atoms with Crippen molar-refractivity contribution in [1.82, 2.24) is 5.32 Å². The maximum absolute atomic E-state index is 3.86. The van der Waals surface area contributed by atoms with E-state index in [1.807, 2.05) is 0 Å². The predicted molar refractivity (Wildman–Crippen MR) is 93.0 cm³/mol. The van der Waals surface area contributed by atoms with Gasteiger partial charge in [-0.15, -0.1) is 11.8 Å². The highest BCUT2D eigenvalue weighted by Gasteiger charge is 2.37. The van der Waals surface area contributed by atoms with Crippen LogP contribution >= 0.6 is 11.8 Å². The molecule has 0 bridgehead atoms. The molecule has 116 valence electrons. The van der Waals surface area contributed by atoms with Crippen molar-refractivity contribution < 1.29 is 0 Å². The van der Waals surface area contributed by atoms with E-state index in [9.17, 15) is 0 Å². The molecular formula is C19H29NS. The second-order valence-corrected chi connectivity index (χ2v) is 8.28. The Morgan fingerprint density at radius 1 is 1.14 bits per heavy atom. The zero-order valence-corrected chi connectivity index (χ0v) is 14.5. The average Bonchev–Trinajstić information content (AvgIpc) is 2.87. The molecule has 0 amide bonds. The van der Waals surface area contributed by atoms with Gasteiger partial charge in [-0.3, -0.25) is 0 Å². The van der Waals surface area contributed by atoms with E-state index in [0.29, 0.717) is 12.0 Å². The van der Waals surface area contributed by atoms with Crippen molar-refractivity contribution in [3.05, 3.63) is 29.8 Å². The monoisotopic (exact) mass is 303 g/mol. The van der Waals surface area contributed by atoms with Gasteiger partial charge in [0.25, 0.3) is 0 Å². The largest absolute Gasteiger partial charge is 0.313 e. The summed E-state index contributed by atoms with van der Waals surface area (Å²) in [7, 11) is 0. The van der Waals surface area contributed by atoms with Crippen LogP contribution in [0.5, 0.6) is 0 Å². The Bertz CT molecular complexity index is 462. The van der Waals surface area contributed by atoms with Crippen molar-refractivity contribution in [2.24, 2.45) is 17.8 Å². The van der Waals surface area contributed by atoms with Crippen molar-refractivity contribution in [2.75, 3.05) is 12.3 Å². The molecule has 1 saturated carbocycles. The lowest BCUT2D eigenvalue weighted by Crippen LogP contribution is -2.44. The highest BCUT2D eigenvalue weighted by Crippen LogP contribution is 2.45. The number of thioether (sulfide) groups is 1. The van der Waals surface area contributed by atoms with Crippen molar-refractivity contribution >= 4 is 11.8 Å². The first-order chi connectivity index (χ1) is 10.2. The molecule has 1 N–H and O–H groups in total. The summed E-state index contributed by atoms with van der Waals surface area (Å²) >= 11 is 2.06. The number of hydrogen-bond donors (Lipinski definition) is 1. The lowest BCUT2D eigenvalue weighted by Gasteiger charge is -2.39. The maximum atomic E-state index is 3.86. The Morgan fingerprint density at radius 3 is 2.57 bits per heavy atom. The molecule has 1 aliphatic heterocycles. The van der Waals surface area contributed by atoms with Crippen LogP contribution in [0.1, 0.15) is 51.5 Å². The van der Waals surface area contributed by atoms with E-state index in [1.165, 1.54) is 29.9 Å². The molecule has 0 spiro atoms. The van der Waals surface area contributed by atoms with E-state index in [0.717, 1.165) is 24.3 Å². The molecule has 1 fully saturated rings. The highest BCUT2D eigenvalue weighted by molar-refractivity contribution is 7.99. The zero-order chi connectivity index (χ0) is 14.8. The van der Waals surface area contributed by atoms with E-state index in [-0.39, 0.29) is 0 Å². The van der Waals surface area contributed by atoms with Crippen molar-refractivity contribution in [2.45, 2.75) is 56.9 Å². The third-order valence-electron chi connectivity index (χ3n) is 5.33. The first-order valence-electron chi connectivity index (χ1n) is 8.64. The number of likely N-dealkylation sites (N-methyl/N-ethyl adjacent to an activating group) is 1. The topological polar surface area (TPSA) is 12.0 Å². The SMILES string of the molecule is CCNC(C1CC(C)CC(C)C1)C1CSc2ccccc21. The molecule has 4 atom stereocenters. The van der Waals surface area contributed by atoms with Gasteiger partial charge in [0.1, 0.15) is 0 Å². The minimum atomic E-state index is 0.663. The van der Waals surface area contributed by atoms with Gasteiger partial charge in [0, 0.05) is 22.6 Å². The van der Waals surface area contributed by atoms with Gasteiger partial charge < -0.3 is 5.32 Å². The second kappa shape index (κ2) is 6.75. The first-order valence-corrected chi connectivity index (χ1v) is 9.62. The van der Waals surface area contributed by atoms with Crippen LogP contribution in [0.15, 0.2) is 29.2 Å². The lowest BCUT2D eigenvalue weighted by molar-refractivity contribution is 0.166. The number of rotatable bonds is 4. The fourth-order valence-corrected chi connectivity index (χ4v) is 5.97. The Kier molecular flexibility index (Phi) is 4.96. The predicted octanol–water partition coefficient (Wildman–Crippen LogP) is 4.93. The zero-order valence-electron chi connectivity index (χ0n) is 13.6. The summed E-state index contributed by atoms with van der Waals surface area (Å²) < 4.78 is 0. The highest BCUT2D eigenvalue weighted by atomic mass is 32.2. The fraction of sp³-hybridized carbons (Fsp3) is 0.684. The molecule has 1 aromatic carbocycles. The fourth-order valence-electron chi connectivity index (χ4n) is 4.66.